The lowest BCUT2D eigenvalue weighted by atomic mass is 9.43. The molecule has 0 N–H and O–H groups in total. The molecule has 8 saturated carbocycles. The Hall–Kier alpha value is -8.28. The number of hydrogen-bond acceptors (Lipinski definition) is 4. The van der Waals surface area contributed by atoms with Crippen molar-refractivity contribution in [3.63, 3.8) is 0 Å². The lowest BCUT2D eigenvalue weighted by molar-refractivity contribution is -0.00528. The van der Waals surface area contributed by atoms with E-state index in [-0.39, 0.29) is 33.9 Å². The van der Waals surface area contributed by atoms with E-state index in [0.29, 0.717) is 0 Å². The zero-order chi connectivity index (χ0) is 64.2. The van der Waals surface area contributed by atoms with Gasteiger partial charge in [0.25, 0.3) is 0 Å². The topological polar surface area (TPSA) is 22.9 Å². The molecule has 0 atom stereocenters. The minimum atomic E-state index is -0.222. The molecule has 474 valence electrons. The van der Waals surface area contributed by atoms with E-state index < -0.39 is 0 Å². The molecule has 21 rings (SSSR count). The number of benzene rings is 10. The van der Waals surface area contributed by atoms with E-state index >= 15 is 0 Å². The molecule has 8 fully saturated rings. The Morgan fingerprint density at radius 2 is 0.884 bits per heavy atom. The molecule has 0 saturated heterocycles. The number of rotatable bonds is 8. The fourth-order valence-corrected chi connectivity index (χ4v) is 21.5. The minimum absolute atomic E-state index is 0.00638. The van der Waals surface area contributed by atoms with Gasteiger partial charge in [0.2, 0.25) is 0 Å². The van der Waals surface area contributed by atoms with Gasteiger partial charge in [-0.25, -0.2) is 0 Å². The average Bonchev–Trinajstić information content (AvgIpc) is 1.41. The highest BCUT2D eigenvalue weighted by molar-refractivity contribution is 6.93. The van der Waals surface area contributed by atoms with Crippen LogP contribution in [0.2, 0.25) is 0 Å². The first-order valence-electron chi connectivity index (χ1n) is 36.4. The summed E-state index contributed by atoms with van der Waals surface area (Å²) in [4.78, 5) is 8.10. The minimum Gasteiger partial charge on any atom is -0.456 e. The summed E-state index contributed by atoms with van der Waals surface area (Å²) in [5.74, 6) is 5.11. The third-order valence-corrected chi connectivity index (χ3v) is 25.4. The molecule has 0 spiro atoms. The molecular weight excluding hydrogens is 1150 g/mol. The lowest BCUT2D eigenvalue weighted by Gasteiger charge is -2.57. The number of anilines is 8. The van der Waals surface area contributed by atoms with Crippen molar-refractivity contribution in [1.29, 1.82) is 0 Å². The predicted octanol–water partition coefficient (Wildman–Crippen LogP) is 23.4. The van der Waals surface area contributed by atoms with Gasteiger partial charge in [-0.2, -0.15) is 0 Å². The van der Waals surface area contributed by atoms with Crippen molar-refractivity contribution in [1.82, 2.24) is 0 Å². The molecule has 8 bridgehead atoms. The highest BCUT2D eigenvalue weighted by Crippen LogP contribution is 2.64. The largest absolute Gasteiger partial charge is 0.456 e. The number of fused-ring (bicyclic) bond motifs is 8. The molecule has 0 radical (unpaired) electrons. The van der Waals surface area contributed by atoms with E-state index in [4.69, 9.17) is 4.42 Å². The third kappa shape index (κ3) is 9.26. The Labute approximate surface area is 563 Å². The maximum absolute atomic E-state index is 7.28. The normalized spacial score (nSPS) is 24.6. The molecule has 10 aromatic carbocycles. The number of furan rings is 1. The highest BCUT2D eigenvalue weighted by Gasteiger charge is 2.54. The van der Waals surface area contributed by atoms with Gasteiger partial charge in [0.05, 0.1) is 5.69 Å². The molecule has 0 unspecified atom stereocenters. The Morgan fingerprint density at radius 3 is 1.45 bits per heavy atom. The van der Waals surface area contributed by atoms with Gasteiger partial charge in [-0.3, -0.25) is 0 Å². The summed E-state index contributed by atoms with van der Waals surface area (Å²) < 4.78 is 7.28. The molecule has 1 aromatic heterocycles. The predicted molar refractivity (Wildman–Crippen MR) is 401 cm³/mol. The second-order valence-electron chi connectivity index (χ2n) is 34.7. The van der Waals surface area contributed by atoms with Crippen LogP contribution in [-0.2, 0) is 27.1 Å². The second kappa shape index (κ2) is 20.6. The molecule has 3 heterocycles. The maximum atomic E-state index is 7.28. The van der Waals surface area contributed by atoms with Crippen molar-refractivity contribution in [2.75, 3.05) is 14.6 Å². The van der Waals surface area contributed by atoms with Gasteiger partial charge in [0.15, 0.2) is 0 Å². The van der Waals surface area contributed by atoms with Gasteiger partial charge in [0, 0.05) is 61.7 Å². The summed E-state index contributed by atoms with van der Waals surface area (Å²) in [5.41, 5.74) is 26.5. The first-order valence-corrected chi connectivity index (χ1v) is 36.4. The first-order chi connectivity index (χ1) is 45.8. The molecule has 11 aromatic rings. The summed E-state index contributed by atoms with van der Waals surface area (Å²) in [5, 5.41) is 4.67. The van der Waals surface area contributed by atoms with Crippen LogP contribution in [-0.4, -0.2) is 6.85 Å². The molecule has 4 nitrogen and oxygen atoms in total. The van der Waals surface area contributed by atoms with Crippen LogP contribution in [0.3, 0.4) is 0 Å². The summed E-state index contributed by atoms with van der Waals surface area (Å²) in [7, 11) is 0. The van der Waals surface area contributed by atoms with Crippen molar-refractivity contribution >= 4 is 96.0 Å². The van der Waals surface area contributed by atoms with Crippen LogP contribution < -0.4 is 25.5 Å². The zero-order valence-corrected chi connectivity index (χ0v) is 57.3. The average molecular weight is 1240 g/mol. The quantitative estimate of drug-likeness (QED) is 0.141. The fraction of sp³-hybridized carbons (Fsp3) is 0.356. The van der Waals surface area contributed by atoms with Crippen LogP contribution in [0, 0.1) is 35.5 Å². The van der Waals surface area contributed by atoms with Crippen LogP contribution in [0.1, 0.15) is 167 Å². The van der Waals surface area contributed by atoms with Gasteiger partial charge in [-0.1, -0.05) is 165 Å². The molecule has 10 aliphatic rings. The molecule has 95 heavy (non-hydrogen) atoms. The number of hydrogen-bond donors (Lipinski definition) is 0. The third-order valence-electron chi connectivity index (χ3n) is 25.4. The van der Waals surface area contributed by atoms with E-state index in [1.807, 2.05) is 0 Å². The van der Waals surface area contributed by atoms with Gasteiger partial charge < -0.3 is 19.0 Å². The van der Waals surface area contributed by atoms with Crippen LogP contribution >= 0.6 is 0 Å². The van der Waals surface area contributed by atoms with Crippen molar-refractivity contribution in [3.05, 3.63) is 228 Å². The zero-order valence-electron chi connectivity index (χ0n) is 57.3. The van der Waals surface area contributed by atoms with E-state index in [0.717, 1.165) is 80.2 Å². The summed E-state index contributed by atoms with van der Waals surface area (Å²) in [6.45, 7) is 20.8. The molecule has 8 aliphatic carbocycles. The van der Waals surface area contributed by atoms with Crippen molar-refractivity contribution in [3.8, 4) is 22.3 Å². The van der Waals surface area contributed by atoms with Crippen LogP contribution in [0.4, 0.5) is 45.5 Å². The molecule has 2 aliphatic heterocycles. The second-order valence-corrected chi connectivity index (χ2v) is 34.7. The van der Waals surface area contributed by atoms with Crippen molar-refractivity contribution in [2.45, 2.75) is 166 Å². The fourth-order valence-electron chi connectivity index (χ4n) is 21.5. The summed E-state index contributed by atoms with van der Waals surface area (Å²) in [6, 6.07) is 79.7. The van der Waals surface area contributed by atoms with Gasteiger partial charge in [-0.05, 0) is 297 Å². The van der Waals surface area contributed by atoms with Gasteiger partial charge in [-0.15, -0.1) is 0 Å². The Morgan fingerprint density at radius 1 is 0.389 bits per heavy atom. The van der Waals surface area contributed by atoms with E-state index in [9.17, 15) is 0 Å². The van der Waals surface area contributed by atoms with Crippen LogP contribution in [0.25, 0.3) is 55.0 Å². The monoisotopic (exact) mass is 1240 g/mol. The molecular formula is C90H90BN3O. The maximum Gasteiger partial charge on any atom is 0.333 e. The standard InChI is InChI=1S/C90H90BN3O/c1-86(2,3)64-19-27-69(28-20-64)92(70-29-21-65(22-30-70)87(4,5)6)72-45-77-74-44-68(90-52-58-38-59(53-90)40-60(39-58)54-90)26-34-80(74)94(71-31-23-66(24-32-71)89-49-55-35-56(50-89)37-57(36-55)51-89)91-78-48-84-76(75-41-62-17-13-14-18-63(62)42-83(75)95-84)47-81(78)93(82(46-72)85(77)91)79-33-25-67(88(7,8)9)43-73(79)61-15-11-10-12-16-61/h10-34,41-48,55-60H,35-40,49-54H2,1-9H3. The highest BCUT2D eigenvalue weighted by atomic mass is 16.3. The smallest absolute Gasteiger partial charge is 0.333 e. The summed E-state index contributed by atoms with van der Waals surface area (Å²) >= 11 is 0. The first kappa shape index (κ1) is 58.1. The SMILES string of the molecule is CC(C)(C)c1ccc(N(c2ccc(C(C)(C)C)cc2)c2cc3c4c(c2)N(c2ccc(C(C)(C)C)cc2-c2ccccc2)c2cc5c(cc2B4N(c2ccc(C46CC7CC(CC(C7)C4)C6)cc2)c2ccc(C46CC7CC(CC(C7)C4)C6)cc2-3)oc2cc3ccccc3cc25)cc1. The Balaban J connectivity index is 0.927. The Kier molecular flexibility index (Phi) is 12.6. The van der Waals surface area contributed by atoms with Crippen LogP contribution in [0.5, 0.6) is 0 Å². The molecule has 0 amide bonds. The van der Waals surface area contributed by atoms with Crippen LogP contribution in [0.15, 0.2) is 205 Å². The van der Waals surface area contributed by atoms with E-state index in [1.165, 1.54) is 160 Å². The van der Waals surface area contributed by atoms with Crippen molar-refractivity contribution in [2.24, 2.45) is 35.5 Å². The van der Waals surface area contributed by atoms with Crippen molar-refractivity contribution < 1.29 is 4.42 Å². The summed E-state index contributed by atoms with van der Waals surface area (Å²) in [6.07, 6.45) is 16.6. The van der Waals surface area contributed by atoms with Gasteiger partial charge >= 0.3 is 6.85 Å². The van der Waals surface area contributed by atoms with Gasteiger partial charge in [0.1, 0.15) is 11.2 Å². The Bertz CT molecular complexity index is 4790. The number of nitrogens with zero attached hydrogens (tertiary/aromatic N) is 3. The van der Waals surface area contributed by atoms with E-state index in [2.05, 4.69) is 277 Å². The molecule has 5 heteroatoms. The van der Waals surface area contributed by atoms with E-state index in [1.54, 1.807) is 11.1 Å². The lowest BCUT2D eigenvalue weighted by Crippen LogP contribution is -2.61.